The summed E-state index contributed by atoms with van der Waals surface area (Å²) in [5.41, 5.74) is 4.94. The van der Waals surface area contributed by atoms with Crippen LogP contribution in [0.25, 0.3) is 5.69 Å². The Kier molecular flexibility index (Phi) is 4.58. The zero-order chi connectivity index (χ0) is 19.0. The summed E-state index contributed by atoms with van der Waals surface area (Å²) >= 11 is 0. The lowest BCUT2D eigenvalue weighted by molar-refractivity contribution is -0.0726. The first-order chi connectivity index (χ1) is 13.7. The topological polar surface area (TPSA) is 17.4 Å². The minimum Gasteiger partial charge on any atom is -0.363 e. The number of likely N-dealkylation sites (tertiary alicyclic amines) is 1. The van der Waals surface area contributed by atoms with E-state index in [1.165, 1.54) is 35.3 Å². The highest BCUT2D eigenvalue weighted by Crippen LogP contribution is 2.36. The Morgan fingerprint density at radius 3 is 2.50 bits per heavy atom. The van der Waals surface area contributed by atoms with E-state index in [0.29, 0.717) is 12.5 Å². The Bertz CT molecular complexity index is 940. The molecule has 2 aliphatic rings. The van der Waals surface area contributed by atoms with Crippen molar-refractivity contribution in [2.24, 2.45) is 0 Å². The lowest BCUT2D eigenvalue weighted by Crippen LogP contribution is -2.44. The largest absolute Gasteiger partial charge is 0.363 e. The Hall–Kier alpha value is -2.36. The number of fused-ring (bicyclic) bond motifs is 3. The van der Waals surface area contributed by atoms with Gasteiger partial charge >= 0.3 is 0 Å². The highest BCUT2D eigenvalue weighted by atomic mass is 16.5. The number of ether oxygens (including phenoxy) is 1. The molecule has 144 valence electrons. The molecule has 1 aromatic heterocycles. The molecule has 3 nitrogen and oxygen atoms in total. The van der Waals surface area contributed by atoms with Gasteiger partial charge < -0.3 is 14.2 Å². The third-order valence-corrected chi connectivity index (χ3v) is 6.47. The molecule has 2 aromatic carbocycles. The van der Waals surface area contributed by atoms with Crippen LogP contribution in [0.2, 0.25) is 0 Å². The van der Waals surface area contributed by atoms with Crippen molar-refractivity contribution in [2.75, 3.05) is 19.6 Å². The zero-order valence-electron chi connectivity index (χ0n) is 16.6. The number of benzene rings is 2. The van der Waals surface area contributed by atoms with E-state index in [2.05, 4.69) is 89.3 Å². The van der Waals surface area contributed by atoms with Crippen LogP contribution in [0.4, 0.5) is 0 Å². The summed E-state index contributed by atoms with van der Waals surface area (Å²) in [6.07, 6.45) is 4.62. The van der Waals surface area contributed by atoms with Crippen molar-refractivity contribution in [1.29, 1.82) is 0 Å². The van der Waals surface area contributed by atoms with Crippen molar-refractivity contribution in [2.45, 2.75) is 37.9 Å². The molecule has 1 fully saturated rings. The molecule has 0 spiro atoms. The number of rotatable bonds is 3. The maximum Gasteiger partial charge on any atom is 0.119 e. The molecule has 5 rings (SSSR count). The van der Waals surface area contributed by atoms with E-state index in [-0.39, 0.29) is 5.60 Å². The van der Waals surface area contributed by atoms with Crippen LogP contribution < -0.4 is 0 Å². The van der Waals surface area contributed by atoms with Gasteiger partial charge in [-0.1, -0.05) is 48.5 Å². The summed E-state index contributed by atoms with van der Waals surface area (Å²) in [6, 6.07) is 23.9. The van der Waals surface area contributed by atoms with Crippen LogP contribution >= 0.6 is 0 Å². The average Bonchev–Trinajstić information content (AvgIpc) is 3.21. The normalized spacial score (nSPS) is 23.0. The Morgan fingerprint density at radius 1 is 0.929 bits per heavy atom. The van der Waals surface area contributed by atoms with E-state index in [0.717, 1.165) is 19.6 Å². The van der Waals surface area contributed by atoms with Gasteiger partial charge in [-0.05, 0) is 62.5 Å². The standard InChI is InChI=1S/C25H28N2O/c1-25(19-26-16-13-21(14-17-26)20-8-3-2-4-9-20)24-12-7-15-27(24)23-11-6-5-10-22(23)18-28-25/h2-12,15,21H,13-14,16-19H2,1H3. The quantitative estimate of drug-likeness (QED) is 0.636. The molecular formula is C25H28N2O. The predicted octanol–water partition coefficient (Wildman–Crippen LogP) is 5.10. The Labute approximate surface area is 167 Å². The van der Waals surface area contributed by atoms with Gasteiger partial charge in [0.25, 0.3) is 0 Å². The van der Waals surface area contributed by atoms with Crippen LogP contribution in [0.5, 0.6) is 0 Å². The molecule has 0 radical (unpaired) electrons. The van der Waals surface area contributed by atoms with Crippen molar-refractivity contribution in [3.8, 4) is 5.69 Å². The number of hydrogen-bond donors (Lipinski definition) is 0. The van der Waals surface area contributed by atoms with Crippen LogP contribution in [0.3, 0.4) is 0 Å². The lowest BCUT2D eigenvalue weighted by Gasteiger charge is -2.38. The van der Waals surface area contributed by atoms with E-state index in [4.69, 9.17) is 4.74 Å². The van der Waals surface area contributed by atoms with E-state index in [9.17, 15) is 0 Å². The summed E-state index contributed by atoms with van der Waals surface area (Å²) in [7, 11) is 0. The van der Waals surface area contributed by atoms with Crippen molar-refractivity contribution in [3.63, 3.8) is 0 Å². The van der Waals surface area contributed by atoms with Gasteiger partial charge in [0, 0.05) is 18.3 Å². The third kappa shape index (κ3) is 3.19. The van der Waals surface area contributed by atoms with Gasteiger partial charge in [-0.3, -0.25) is 0 Å². The van der Waals surface area contributed by atoms with Crippen LogP contribution in [0, 0.1) is 0 Å². The second-order valence-electron chi connectivity index (χ2n) is 8.37. The highest BCUT2D eigenvalue weighted by Gasteiger charge is 2.36. The van der Waals surface area contributed by atoms with Crippen LogP contribution in [-0.2, 0) is 16.9 Å². The first-order valence-corrected chi connectivity index (χ1v) is 10.4. The first kappa shape index (κ1) is 17.7. The summed E-state index contributed by atoms with van der Waals surface area (Å²) < 4.78 is 8.87. The van der Waals surface area contributed by atoms with Crippen molar-refractivity contribution >= 4 is 0 Å². The number of para-hydroxylation sites is 1. The monoisotopic (exact) mass is 372 g/mol. The summed E-state index contributed by atoms with van der Waals surface area (Å²) in [5.74, 6) is 0.688. The second kappa shape index (κ2) is 7.23. The fourth-order valence-electron chi connectivity index (χ4n) is 4.90. The molecule has 0 N–H and O–H groups in total. The number of nitrogens with zero attached hydrogens (tertiary/aromatic N) is 2. The summed E-state index contributed by atoms with van der Waals surface area (Å²) in [4.78, 5) is 2.59. The first-order valence-electron chi connectivity index (χ1n) is 10.4. The van der Waals surface area contributed by atoms with Crippen LogP contribution in [0.15, 0.2) is 72.9 Å². The molecule has 0 amide bonds. The van der Waals surface area contributed by atoms with Gasteiger partial charge in [0.15, 0.2) is 0 Å². The number of piperidine rings is 1. The third-order valence-electron chi connectivity index (χ3n) is 6.47. The molecule has 1 unspecified atom stereocenters. The molecule has 0 saturated carbocycles. The minimum absolute atomic E-state index is 0.303. The van der Waals surface area contributed by atoms with Gasteiger partial charge in [-0.25, -0.2) is 0 Å². The second-order valence-corrected chi connectivity index (χ2v) is 8.37. The van der Waals surface area contributed by atoms with Crippen molar-refractivity contribution < 1.29 is 4.74 Å². The molecule has 3 heterocycles. The van der Waals surface area contributed by atoms with Gasteiger partial charge in [-0.15, -0.1) is 0 Å². The molecule has 1 atom stereocenters. The maximum atomic E-state index is 6.55. The van der Waals surface area contributed by atoms with Gasteiger partial charge in [0.2, 0.25) is 0 Å². The van der Waals surface area contributed by atoms with E-state index >= 15 is 0 Å². The molecule has 2 aliphatic heterocycles. The highest BCUT2D eigenvalue weighted by molar-refractivity contribution is 5.45. The number of hydrogen-bond acceptors (Lipinski definition) is 2. The zero-order valence-corrected chi connectivity index (χ0v) is 16.6. The molecule has 3 heteroatoms. The maximum absolute atomic E-state index is 6.55. The molecular weight excluding hydrogens is 344 g/mol. The predicted molar refractivity (Wildman–Crippen MR) is 113 cm³/mol. The van der Waals surface area contributed by atoms with Gasteiger partial charge in [0.05, 0.1) is 18.0 Å². The van der Waals surface area contributed by atoms with E-state index < -0.39 is 0 Å². The van der Waals surface area contributed by atoms with Crippen molar-refractivity contribution in [3.05, 3.63) is 89.7 Å². The molecule has 0 aliphatic carbocycles. The SMILES string of the molecule is CC1(CN2CCC(c3ccccc3)CC2)OCc2ccccc2-n2cccc21. The minimum atomic E-state index is -0.303. The summed E-state index contributed by atoms with van der Waals surface area (Å²) in [5, 5.41) is 0. The van der Waals surface area contributed by atoms with Crippen LogP contribution in [0.1, 0.15) is 42.5 Å². The molecule has 3 aromatic rings. The van der Waals surface area contributed by atoms with E-state index in [1.54, 1.807) is 0 Å². The van der Waals surface area contributed by atoms with Gasteiger partial charge in [0.1, 0.15) is 5.60 Å². The Morgan fingerprint density at radius 2 is 1.68 bits per heavy atom. The Balaban J connectivity index is 1.34. The lowest BCUT2D eigenvalue weighted by atomic mass is 9.88. The van der Waals surface area contributed by atoms with E-state index in [1.807, 2.05) is 0 Å². The smallest absolute Gasteiger partial charge is 0.119 e. The fraction of sp³-hybridized carbons (Fsp3) is 0.360. The average molecular weight is 373 g/mol. The number of aromatic nitrogens is 1. The van der Waals surface area contributed by atoms with Crippen LogP contribution in [-0.4, -0.2) is 29.1 Å². The molecule has 28 heavy (non-hydrogen) atoms. The fourth-order valence-corrected chi connectivity index (χ4v) is 4.90. The van der Waals surface area contributed by atoms with Gasteiger partial charge in [-0.2, -0.15) is 0 Å². The molecule has 1 saturated heterocycles. The molecule has 0 bridgehead atoms. The summed E-state index contributed by atoms with van der Waals surface area (Å²) in [6.45, 7) is 6.12. The van der Waals surface area contributed by atoms with Crippen molar-refractivity contribution in [1.82, 2.24) is 9.47 Å².